The second-order valence-electron chi connectivity index (χ2n) is 5.92. The Labute approximate surface area is 117 Å². The van der Waals surface area contributed by atoms with Crippen LogP contribution in [0, 0.1) is 13.8 Å². The summed E-state index contributed by atoms with van der Waals surface area (Å²) in [7, 11) is 1.72. The van der Waals surface area contributed by atoms with E-state index >= 15 is 0 Å². The average Bonchev–Trinajstić information content (AvgIpc) is 2.33. The number of nitrogens with one attached hydrogen (secondary N) is 1. The molecule has 1 aromatic carbocycles. The lowest BCUT2D eigenvalue weighted by molar-refractivity contribution is 0.411. The van der Waals surface area contributed by atoms with Gasteiger partial charge in [-0.05, 0) is 76.4 Å². The van der Waals surface area contributed by atoms with Crippen LogP contribution in [0.3, 0.4) is 0 Å². The van der Waals surface area contributed by atoms with Crippen LogP contribution in [0.1, 0.15) is 37.0 Å². The largest absolute Gasteiger partial charge is 0.496 e. The highest BCUT2D eigenvalue weighted by atomic mass is 16.5. The van der Waals surface area contributed by atoms with Gasteiger partial charge in [-0.2, -0.15) is 0 Å². The van der Waals surface area contributed by atoms with E-state index in [0.717, 1.165) is 31.7 Å². The highest BCUT2D eigenvalue weighted by Crippen LogP contribution is 2.23. The predicted octanol–water partition coefficient (Wildman–Crippen LogP) is 2.57. The van der Waals surface area contributed by atoms with Gasteiger partial charge in [0.1, 0.15) is 5.75 Å². The molecule has 1 rings (SSSR count). The van der Waals surface area contributed by atoms with Crippen molar-refractivity contribution in [1.29, 1.82) is 0 Å². The standard InChI is InChI=1S/C16H28N2O/c1-12-13(2)15(19-5)7-6-14(12)8-10-18-11-9-16(3,4)17/h6-7,18H,8-11,17H2,1-5H3. The van der Waals surface area contributed by atoms with Crippen LogP contribution in [0.4, 0.5) is 0 Å². The maximum absolute atomic E-state index is 5.95. The van der Waals surface area contributed by atoms with Crippen molar-refractivity contribution in [3.8, 4) is 5.75 Å². The van der Waals surface area contributed by atoms with Crippen molar-refractivity contribution < 1.29 is 4.74 Å². The number of methoxy groups -OCH3 is 1. The lowest BCUT2D eigenvalue weighted by Crippen LogP contribution is -2.36. The fourth-order valence-electron chi connectivity index (χ4n) is 2.10. The molecule has 19 heavy (non-hydrogen) atoms. The molecule has 0 atom stereocenters. The number of nitrogens with two attached hydrogens (primary N) is 1. The SMILES string of the molecule is COc1ccc(CCNCCC(C)(C)N)c(C)c1C. The topological polar surface area (TPSA) is 47.3 Å². The van der Waals surface area contributed by atoms with Gasteiger partial charge in [0.25, 0.3) is 0 Å². The second kappa shape index (κ2) is 6.92. The van der Waals surface area contributed by atoms with Crippen LogP contribution in [0.5, 0.6) is 5.75 Å². The highest BCUT2D eigenvalue weighted by Gasteiger charge is 2.09. The lowest BCUT2D eigenvalue weighted by Gasteiger charge is -2.18. The molecule has 0 aliphatic rings. The molecule has 0 amide bonds. The third-order valence-corrected chi connectivity index (χ3v) is 3.59. The first kappa shape index (κ1) is 16.0. The molecule has 0 saturated carbocycles. The van der Waals surface area contributed by atoms with Gasteiger partial charge < -0.3 is 15.8 Å². The van der Waals surface area contributed by atoms with Gasteiger partial charge in [-0.25, -0.2) is 0 Å². The summed E-state index contributed by atoms with van der Waals surface area (Å²) in [5.74, 6) is 0.971. The van der Waals surface area contributed by atoms with Crippen molar-refractivity contribution in [3.63, 3.8) is 0 Å². The molecular weight excluding hydrogens is 236 g/mol. The fraction of sp³-hybridized carbons (Fsp3) is 0.625. The van der Waals surface area contributed by atoms with Crippen LogP contribution in [0.15, 0.2) is 12.1 Å². The minimum Gasteiger partial charge on any atom is -0.496 e. The molecule has 0 aliphatic carbocycles. The predicted molar refractivity (Wildman–Crippen MR) is 81.9 cm³/mol. The van der Waals surface area contributed by atoms with E-state index in [-0.39, 0.29) is 5.54 Å². The number of ether oxygens (including phenoxy) is 1. The van der Waals surface area contributed by atoms with Gasteiger partial charge in [0.2, 0.25) is 0 Å². The summed E-state index contributed by atoms with van der Waals surface area (Å²) in [6, 6.07) is 4.22. The molecular formula is C16H28N2O. The van der Waals surface area contributed by atoms with Gasteiger partial charge in [-0.15, -0.1) is 0 Å². The van der Waals surface area contributed by atoms with E-state index in [9.17, 15) is 0 Å². The third-order valence-electron chi connectivity index (χ3n) is 3.59. The van der Waals surface area contributed by atoms with Gasteiger partial charge in [-0.3, -0.25) is 0 Å². The lowest BCUT2D eigenvalue weighted by atomic mass is 9.99. The molecule has 108 valence electrons. The number of hydrogen-bond acceptors (Lipinski definition) is 3. The Bertz CT molecular complexity index is 408. The minimum atomic E-state index is -0.0837. The monoisotopic (exact) mass is 264 g/mol. The first-order valence-corrected chi connectivity index (χ1v) is 6.98. The van der Waals surface area contributed by atoms with Crippen LogP contribution in [-0.2, 0) is 6.42 Å². The van der Waals surface area contributed by atoms with E-state index in [1.54, 1.807) is 7.11 Å². The van der Waals surface area contributed by atoms with Gasteiger partial charge >= 0.3 is 0 Å². The Kier molecular flexibility index (Phi) is 5.83. The molecule has 3 heteroatoms. The summed E-state index contributed by atoms with van der Waals surface area (Å²) >= 11 is 0. The molecule has 1 aromatic rings. The molecule has 0 fully saturated rings. The van der Waals surface area contributed by atoms with Crippen LogP contribution < -0.4 is 15.8 Å². The molecule has 0 unspecified atom stereocenters. The summed E-state index contributed by atoms with van der Waals surface area (Å²) in [6.45, 7) is 10.4. The Hall–Kier alpha value is -1.06. The van der Waals surface area contributed by atoms with Crippen molar-refractivity contribution in [1.82, 2.24) is 5.32 Å². The van der Waals surface area contributed by atoms with Gasteiger partial charge in [0.15, 0.2) is 0 Å². The zero-order valence-corrected chi connectivity index (χ0v) is 13.0. The van der Waals surface area contributed by atoms with E-state index < -0.39 is 0 Å². The third kappa shape index (κ3) is 5.21. The minimum absolute atomic E-state index is 0.0837. The Balaban J connectivity index is 2.44. The van der Waals surface area contributed by atoms with E-state index in [1.165, 1.54) is 16.7 Å². The number of benzene rings is 1. The first-order valence-electron chi connectivity index (χ1n) is 6.98. The fourth-order valence-corrected chi connectivity index (χ4v) is 2.10. The molecule has 3 nitrogen and oxygen atoms in total. The van der Waals surface area contributed by atoms with Crippen LogP contribution in [0.25, 0.3) is 0 Å². The molecule has 0 saturated heterocycles. The first-order chi connectivity index (χ1) is 8.85. The van der Waals surface area contributed by atoms with Crippen LogP contribution >= 0.6 is 0 Å². The Morgan fingerprint density at radius 1 is 1.16 bits per heavy atom. The normalized spacial score (nSPS) is 11.7. The summed E-state index contributed by atoms with van der Waals surface area (Å²) in [5.41, 5.74) is 9.83. The highest BCUT2D eigenvalue weighted by molar-refractivity contribution is 5.43. The summed E-state index contributed by atoms with van der Waals surface area (Å²) in [6.07, 6.45) is 2.04. The van der Waals surface area contributed by atoms with Crippen molar-refractivity contribution in [3.05, 3.63) is 28.8 Å². The van der Waals surface area contributed by atoms with Crippen LogP contribution in [-0.4, -0.2) is 25.7 Å². The number of rotatable bonds is 7. The average molecular weight is 264 g/mol. The number of hydrogen-bond donors (Lipinski definition) is 2. The zero-order valence-electron chi connectivity index (χ0n) is 13.0. The maximum Gasteiger partial charge on any atom is 0.122 e. The van der Waals surface area contributed by atoms with Crippen molar-refractivity contribution in [2.45, 2.75) is 46.1 Å². The summed E-state index contributed by atoms with van der Waals surface area (Å²) < 4.78 is 5.33. The van der Waals surface area contributed by atoms with E-state index in [2.05, 4.69) is 45.1 Å². The smallest absolute Gasteiger partial charge is 0.122 e. The van der Waals surface area contributed by atoms with Gasteiger partial charge in [0, 0.05) is 5.54 Å². The van der Waals surface area contributed by atoms with Crippen molar-refractivity contribution in [2.75, 3.05) is 20.2 Å². The summed E-state index contributed by atoms with van der Waals surface area (Å²) in [4.78, 5) is 0. The van der Waals surface area contributed by atoms with Crippen LogP contribution in [0.2, 0.25) is 0 Å². The molecule has 0 bridgehead atoms. The van der Waals surface area contributed by atoms with Crippen molar-refractivity contribution in [2.24, 2.45) is 5.73 Å². The zero-order chi connectivity index (χ0) is 14.5. The molecule has 3 N–H and O–H groups in total. The van der Waals surface area contributed by atoms with Gasteiger partial charge in [0.05, 0.1) is 7.11 Å². The molecule has 0 heterocycles. The Morgan fingerprint density at radius 2 is 1.84 bits per heavy atom. The Morgan fingerprint density at radius 3 is 2.42 bits per heavy atom. The van der Waals surface area contributed by atoms with Gasteiger partial charge in [-0.1, -0.05) is 6.07 Å². The van der Waals surface area contributed by atoms with E-state index in [4.69, 9.17) is 10.5 Å². The molecule has 0 radical (unpaired) electrons. The van der Waals surface area contributed by atoms with Crippen molar-refractivity contribution >= 4 is 0 Å². The molecule has 0 spiro atoms. The molecule has 0 aromatic heterocycles. The van der Waals surface area contributed by atoms with E-state index in [1.807, 2.05) is 0 Å². The van der Waals surface area contributed by atoms with E-state index in [0.29, 0.717) is 0 Å². The summed E-state index contributed by atoms with van der Waals surface area (Å²) in [5, 5.41) is 3.45. The maximum atomic E-state index is 5.95. The second-order valence-corrected chi connectivity index (χ2v) is 5.92. The molecule has 0 aliphatic heterocycles. The quantitative estimate of drug-likeness (QED) is 0.744.